The van der Waals surface area contributed by atoms with Gasteiger partial charge in [-0.1, -0.05) is 59.3 Å². The van der Waals surface area contributed by atoms with E-state index in [2.05, 4.69) is 30.7 Å². The molecule has 51 heavy (non-hydrogen) atoms. The summed E-state index contributed by atoms with van der Waals surface area (Å²) >= 11 is 11.7. The van der Waals surface area contributed by atoms with Crippen LogP contribution in [0.3, 0.4) is 0 Å². The van der Waals surface area contributed by atoms with Crippen LogP contribution >= 0.6 is 23.2 Å². The second kappa shape index (κ2) is 16.2. The Bertz CT molecular complexity index is 2430. The third kappa shape index (κ3) is 9.10. The van der Waals surface area contributed by atoms with Crippen molar-refractivity contribution in [3.8, 4) is 28.8 Å². The summed E-state index contributed by atoms with van der Waals surface area (Å²) in [5, 5.41) is 57.2. The summed E-state index contributed by atoms with van der Waals surface area (Å²) in [5.74, 6) is -1.12. The number of H-pyrrole nitrogens is 1. The van der Waals surface area contributed by atoms with Crippen molar-refractivity contribution in [1.29, 1.82) is 4.78 Å². The molecule has 0 aliphatic carbocycles. The zero-order chi connectivity index (χ0) is 36.2. The van der Waals surface area contributed by atoms with Crippen LogP contribution in [0.15, 0.2) is 121 Å². The molecular formula is C32H24Cl2CrN9O6S. The monoisotopic (exact) mass is 784 g/mol. The van der Waals surface area contributed by atoms with Gasteiger partial charge in [0, 0.05) is 30.8 Å². The zero-order valence-corrected chi connectivity index (χ0v) is 30.0. The van der Waals surface area contributed by atoms with Crippen molar-refractivity contribution in [2.45, 2.75) is 18.7 Å². The van der Waals surface area contributed by atoms with Gasteiger partial charge in [-0.15, -0.1) is 15.3 Å². The molecule has 1 radical (unpaired) electrons. The molecule has 1 unspecified atom stereocenters. The van der Waals surface area contributed by atoms with Gasteiger partial charge in [0.25, 0.3) is 5.56 Å². The summed E-state index contributed by atoms with van der Waals surface area (Å²) < 4.78 is 32.2. The SMILES string of the molecule is Cc1[nH]n(-c2ccccc2)c(=O)c1N=Nc1cc(Cl)ccc1O.Cc1nn(-c2cccc(S(=N)(=O)[O-])c2)c([O-])c1N=Nc1cc(Cl)ccc1[O-].[Cr+3]. The molecule has 0 aliphatic rings. The fourth-order valence-corrected chi connectivity index (χ4v) is 5.20. The molecule has 0 aliphatic heterocycles. The van der Waals surface area contributed by atoms with Gasteiger partial charge in [-0.2, -0.15) is 10.2 Å². The number of aromatic hydroxyl groups is 1. The Morgan fingerprint density at radius 3 is 2.12 bits per heavy atom. The van der Waals surface area contributed by atoms with E-state index >= 15 is 0 Å². The van der Waals surface area contributed by atoms with Crippen LogP contribution in [-0.4, -0.2) is 33.4 Å². The average molecular weight is 786 g/mol. The predicted octanol–water partition coefficient (Wildman–Crippen LogP) is 7.18. The summed E-state index contributed by atoms with van der Waals surface area (Å²) in [4.78, 5) is 12.2. The number of phenols is 1. The van der Waals surface area contributed by atoms with Crippen molar-refractivity contribution < 1.29 is 41.4 Å². The third-order valence-corrected chi connectivity index (χ3v) is 8.13. The second-order valence-electron chi connectivity index (χ2n) is 10.4. The first kappa shape index (κ1) is 38.5. The molecule has 2 heterocycles. The molecule has 4 aromatic carbocycles. The van der Waals surface area contributed by atoms with E-state index in [4.69, 9.17) is 28.0 Å². The Hall–Kier alpha value is -5.28. The number of phenolic OH excluding ortho intramolecular Hbond substituents is 1. The van der Waals surface area contributed by atoms with E-state index in [9.17, 15) is 28.9 Å². The van der Waals surface area contributed by atoms with Gasteiger partial charge in [-0.25, -0.2) is 9.36 Å². The van der Waals surface area contributed by atoms with Crippen LogP contribution in [0.5, 0.6) is 17.4 Å². The van der Waals surface area contributed by atoms with Crippen LogP contribution in [-0.2, 0) is 27.4 Å². The van der Waals surface area contributed by atoms with Crippen molar-refractivity contribution in [3.63, 3.8) is 0 Å². The number of halogens is 2. The number of rotatable bonds is 7. The maximum absolute atomic E-state index is 12.6. The molecule has 0 spiro atoms. The van der Waals surface area contributed by atoms with Crippen LogP contribution in [0, 0.1) is 18.6 Å². The molecule has 6 aromatic rings. The average Bonchev–Trinajstić information content (AvgIpc) is 3.54. The number of nitrogens with one attached hydrogen (secondary N) is 2. The smallest absolute Gasteiger partial charge is 0.871 e. The number of aromatic nitrogens is 4. The van der Waals surface area contributed by atoms with Crippen LogP contribution in [0.4, 0.5) is 22.7 Å². The molecule has 0 amide bonds. The molecule has 0 bridgehead atoms. The molecule has 259 valence electrons. The number of para-hydroxylation sites is 1. The minimum atomic E-state index is -4.19. The predicted molar refractivity (Wildman–Crippen MR) is 181 cm³/mol. The molecule has 15 nitrogen and oxygen atoms in total. The van der Waals surface area contributed by atoms with Crippen molar-refractivity contribution in [3.05, 3.63) is 123 Å². The zero-order valence-electron chi connectivity index (χ0n) is 26.4. The first-order valence-electron chi connectivity index (χ1n) is 14.2. The number of benzene rings is 4. The summed E-state index contributed by atoms with van der Waals surface area (Å²) in [6, 6.07) is 22.8. The number of hydrogen-bond acceptors (Lipinski definition) is 12. The normalized spacial score (nSPS) is 12.3. The quantitative estimate of drug-likeness (QED) is 0.141. The summed E-state index contributed by atoms with van der Waals surface area (Å²) in [6.07, 6.45) is 0. The molecule has 0 fully saturated rings. The maximum atomic E-state index is 12.6. The van der Waals surface area contributed by atoms with Gasteiger partial charge in [-0.3, -0.25) is 18.9 Å². The second-order valence-corrected chi connectivity index (χ2v) is 12.7. The fourth-order valence-electron chi connectivity index (χ4n) is 4.34. The summed E-state index contributed by atoms with van der Waals surface area (Å²) in [6.45, 7) is 3.25. The maximum Gasteiger partial charge on any atom is 3.00 e. The van der Waals surface area contributed by atoms with E-state index in [1.165, 1.54) is 60.1 Å². The third-order valence-electron chi connectivity index (χ3n) is 6.79. The van der Waals surface area contributed by atoms with Crippen molar-refractivity contribution in [1.82, 2.24) is 19.6 Å². The number of hydrogen-bond donors (Lipinski definition) is 3. The van der Waals surface area contributed by atoms with Gasteiger partial charge in [-0.05, 0) is 74.5 Å². The van der Waals surface area contributed by atoms with Gasteiger partial charge in [0.1, 0.15) is 17.1 Å². The standard InChI is InChI=1S/C16H14ClN5O4S.C16H13ClN4O2.Cr/c1-9-15(20-19-13-7-10(17)5-6-14(13)23)16(24)22(21-9)11-3-2-4-12(8-11)27(18,25)26;1-10-15(19-18-13-9-11(17)7-8-14(13)22)16(23)21(20-10)12-5-3-2-4-6-12;/h2-8,23-24H,1H3,(H2,18,25,26);2-9,20,22H,1H3;/q;;+3/p-3. The van der Waals surface area contributed by atoms with Crippen LogP contribution in [0.25, 0.3) is 11.4 Å². The van der Waals surface area contributed by atoms with Crippen LogP contribution in [0.2, 0.25) is 10.0 Å². The number of aryl methyl sites for hydroxylation is 2. The summed E-state index contributed by atoms with van der Waals surface area (Å²) in [5.41, 5.74) is 1.58. The van der Waals surface area contributed by atoms with Gasteiger partial charge in [0.15, 0.2) is 5.69 Å². The van der Waals surface area contributed by atoms with Gasteiger partial charge in [0.2, 0.25) is 0 Å². The molecule has 1 atom stereocenters. The Kier molecular flexibility index (Phi) is 12.2. The molecule has 0 saturated carbocycles. The molecular weight excluding hydrogens is 761 g/mol. The Morgan fingerprint density at radius 2 is 1.43 bits per heavy atom. The van der Waals surface area contributed by atoms with E-state index in [1.807, 2.05) is 18.2 Å². The molecule has 19 heteroatoms. The first-order valence-corrected chi connectivity index (χ1v) is 16.5. The molecule has 3 N–H and O–H groups in total. The topological polar surface area (TPSA) is 235 Å². The Balaban J connectivity index is 0.000000227. The van der Waals surface area contributed by atoms with E-state index in [0.29, 0.717) is 21.4 Å². The van der Waals surface area contributed by atoms with Crippen molar-refractivity contribution in [2.24, 2.45) is 20.5 Å². The van der Waals surface area contributed by atoms with E-state index in [-0.39, 0.29) is 67.7 Å². The minimum absolute atomic E-state index is 0. The Labute approximate surface area is 311 Å². The largest absolute Gasteiger partial charge is 3.00 e. The molecule has 0 saturated heterocycles. The molecule has 2 aromatic heterocycles. The van der Waals surface area contributed by atoms with E-state index in [1.54, 1.807) is 25.1 Å². The summed E-state index contributed by atoms with van der Waals surface area (Å²) in [7, 11) is -4.19. The van der Waals surface area contributed by atoms with E-state index < -0.39 is 21.6 Å². The van der Waals surface area contributed by atoms with E-state index in [0.717, 1.165) is 10.7 Å². The van der Waals surface area contributed by atoms with Crippen LogP contribution in [0.1, 0.15) is 11.4 Å². The van der Waals surface area contributed by atoms with Crippen molar-refractivity contribution in [2.75, 3.05) is 0 Å². The van der Waals surface area contributed by atoms with Gasteiger partial charge < -0.3 is 19.9 Å². The van der Waals surface area contributed by atoms with Gasteiger partial charge in [0.05, 0.1) is 28.5 Å². The van der Waals surface area contributed by atoms with Crippen LogP contribution < -0.4 is 15.8 Å². The fraction of sp³-hybridized carbons (Fsp3) is 0.0625. The number of azo groups is 2. The van der Waals surface area contributed by atoms with Crippen molar-refractivity contribution >= 4 is 56.0 Å². The Morgan fingerprint density at radius 1 is 0.824 bits per heavy atom. The molecule has 6 rings (SSSR count). The van der Waals surface area contributed by atoms with Gasteiger partial charge >= 0.3 is 17.4 Å². The first-order chi connectivity index (χ1) is 23.7. The number of aromatic amines is 1. The number of nitrogens with zero attached hydrogens (tertiary/aromatic N) is 7. The minimum Gasteiger partial charge on any atom is -0.871 e.